The van der Waals surface area contributed by atoms with Crippen LogP contribution in [0.25, 0.3) is 0 Å². The van der Waals surface area contributed by atoms with Crippen molar-refractivity contribution in [3.8, 4) is 0 Å². The third-order valence-corrected chi connectivity index (χ3v) is 5.76. The molecule has 0 aromatic carbocycles. The molecule has 1 saturated carbocycles. The Morgan fingerprint density at radius 1 is 1.33 bits per heavy atom. The van der Waals surface area contributed by atoms with Crippen molar-refractivity contribution in [1.29, 1.82) is 0 Å². The van der Waals surface area contributed by atoms with Crippen LogP contribution >= 0.6 is 0 Å². The van der Waals surface area contributed by atoms with Crippen LogP contribution in [0, 0.1) is 5.41 Å². The summed E-state index contributed by atoms with van der Waals surface area (Å²) in [5.74, 6) is 0.0672. The molecule has 2 aliphatic rings. The van der Waals surface area contributed by atoms with Crippen LogP contribution in [0.3, 0.4) is 0 Å². The fraction of sp³-hybridized carbons (Fsp3) is 0.889. The minimum Gasteiger partial charge on any atom is -0.378 e. The van der Waals surface area contributed by atoms with Gasteiger partial charge < -0.3 is 20.7 Å². The molecular formula is C18H33N3O3. The van der Waals surface area contributed by atoms with Crippen molar-refractivity contribution < 1.29 is 14.3 Å². The molecule has 3 N–H and O–H groups in total. The van der Waals surface area contributed by atoms with Crippen molar-refractivity contribution in [3.63, 3.8) is 0 Å². The van der Waals surface area contributed by atoms with Crippen LogP contribution in [0.4, 0.5) is 0 Å². The lowest BCUT2D eigenvalue weighted by Gasteiger charge is -2.59. The van der Waals surface area contributed by atoms with E-state index in [1.807, 2.05) is 32.6 Å². The molecule has 0 bridgehead atoms. The summed E-state index contributed by atoms with van der Waals surface area (Å²) in [4.78, 5) is 26.7. The zero-order valence-corrected chi connectivity index (χ0v) is 15.6. The van der Waals surface area contributed by atoms with E-state index in [1.54, 1.807) is 0 Å². The molecule has 6 nitrogen and oxygen atoms in total. The van der Waals surface area contributed by atoms with E-state index in [9.17, 15) is 9.59 Å². The van der Waals surface area contributed by atoms with E-state index in [0.29, 0.717) is 32.5 Å². The highest BCUT2D eigenvalue weighted by Gasteiger charge is 2.63. The van der Waals surface area contributed by atoms with Crippen molar-refractivity contribution >= 4 is 11.8 Å². The van der Waals surface area contributed by atoms with Gasteiger partial charge in [0.05, 0.1) is 6.10 Å². The number of rotatable bonds is 6. The summed E-state index contributed by atoms with van der Waals surface area (Å²) in [7, 11) is 0. The van der Waals surface area contributed by atoms with Gasteiger partial charge >= 0.3 is 0 Å². The predicted octanol–water partition coefficient (Wildman–Crippen LogP) is 1.43. The van der Waals surface area contributed by atoms with Gasteiger partial charge in [0.1, 0.15) is 5.54 Å². The second-order valence-electron chi connectivity index (χ2n) is 7.75. The Balaban J connectivity index is 1.98. The molecule has 6 heteroatoms. The number of likely N-dealkylation sites (tertiary alicyclic amines) is 1. The number of hydrogen-bond donors (Lipinski definition) is 2. The Morgan fingerprint density at radius 3 is 2.62 bits per heavy atom. The first-order chi connectivity index (χ1) is 11.3. The second-order valence-corrected chi connectivity index (χ2v) is 7.75. The predicted molar refractivity (Wildman–Crippen MR) is 93.4 cm³/mol. The molecule has 24 heavy (non-hydrogen) atoms. The first-order valence-corrected chi connectivity index (χ1v) is 9.25. The molecule has 0 spiro atoms. The van der Waals surface area contributed by atoms with Gasteiger partial charge in [-0.2, -0.15) is 0 Å². The molecule has 2 amide bonds. The van der Waals surface area contributed by atoms with Crippen LogP contribution in [-0.2, 0) is 14.3 Å². The summed E-state index contributed by atoms with van der Waals surface area (Å²) in [5, 5.41) is 3.04. The number of piperidine rings is 1. The number of amides is 2. The van der Waals surface area contributed by atoms with Crippen LogP contribution in [-0.4, -0.2) is 54.1 Å². The number of nitrogens with two attached hydrogens (primary N) is 1. The van der Waals surface area contributed by atoms with Crippen LogP contribution in [0.1, 0.15) is 59.8 Å². The van der Waals surface area contributed by atoms with E-state index in [1.165, 1.54) is 0 Å². The molecule has 1 heterocycles. The summed E-state index contributed by atoms with van der Waals surface area (Å²) in [6.45, 7) is 9.88. The zero-order chi connectivity index (χ0) is 18.0. The fourth-order valence-corrected chi connectivity index (χ4v) is 3.89. The first kappa shape index (κ1) is 19.2. The Morgan fingerprint density at radius 2 is 2.04 bits per heavy atom. The Kier molecular flexibility index (Phi) is 5.91. The van der Waals surface area contributed by atoms with Crippen LogP contribution in [0.15, 0.2) is 0 Å². The van der Waals surface area contributed by atoms with E-state index in [2.05, 4.69) is 5.32 Å². The monoisotopic (exact) mass is 339 g/mol. The summed E-state index contributed by atoms with van der Waals surface area (Å²) in [6.07, 6.45) is 3.78. The SMILES string of the molecule is CCCC(=O)NC1CCCN(C(=O)C2(N)CC(OCC)C2(C)C)C1. The standard InChI is InChI=1S/C18H33N3O3/c1-5-8-15(22)20-13-9-7-10-21(12-13)16(23)18(19)11-14(24-6-2)17(18,3)4/h13-14H,5-12,19H2,1-4H3,(H,20,22). The van der Waals surface area contributed by atoms with Crippen LogP contribution in [0.2, 0.25) is 0 Å². The topological polar surface area (TPSA) is 84.7 Å². The minimum atomic E-state index is -0.873. The van der Waals surface area contributed by atoms with Gasteiger partial charge in [-0.3, -0.25) is 9.59 Å². The molecule has 3 unspecified atom stereocenters. The van der Waals surface area contributed by atoms with E-state index in [0.717, 1.165) is 19.3 Å². The highest BCUT2D eigenvalue weighted by Crippen LogP contribution is 2.50. The third-order valence-electron chi connectivity index (χ3n) is 5.76. The third kappa shape index (κ3) is 3.45. The molecule has 2 rings (SSSR count). The fourth-order valence-electron chi connectivity index (χ4n) is 3.89. The van der Waals surface area contributed by atoms with Crippen molar-refractivity contribution in [2.45, 2.75) is 77.5 Å². The van der Waals surface area contributed by atoms with Gasteiger partial charge in [-0.25, -0.2) is 0 Å². The zero-order valence-electron chi connectivity index (χ0n) is 15.6. The lowest BCUT2D eigenvalue weighted by Crippen LogP contribution is -2.76. The second kappa shape index (κ2) is 7.40. The normalized spacial score (nSPS) is 32.1. The molecule has 1 saturated heterocycles. The van der Waals surface area contributed by atoms with Gasteiger partial charge in [0.2, 0.25) is 11.8 Å². The van der Waals surface area contributed by atoms with Gasteiger partial charge in [0.25, 0.3) is 0 Å². The largest absolute Gasteiger partial charge is 0.378 e. The average molecular weight is 339 g/mol. The van der Waals surface area contributed by atoms with Gasteiger partial charge in [-0.05, 0) is 26.2 Å². The van der Waals surface area contributed by atoms with E-state index < -0.39 is 5.54 Å². The molecule has 1 aliphatic heterocycles. The minimum absolute atomic E-state index is 0.00195. The lowest BCUT2D eigenvalue weighted by atomic mass is 9.54. The van der Waals surface area contributed by atoms with E-state index in [-0.39, 0.29) is 29.4 Å². The quantitative estimate of drug-likeness (QED) is 0.766. The Bertz CT molecular complexity index is 480. The van der Waals surface area contributed by atoms with E-state index >= 15 is 0 Å². The van der Waals surface area contributed by atoms with Gasteiger partial charge in [0.15, 0.2) is 0 Å². The number of hydrogen-bond acceptors (Lipinski definition) is 4. The summed E-state index contributed by atoms with van der Waals surface area (Å²) in [6, 6.07) is 0.0382. The molecule has 0 aromatic heterocycles. The van der Waals surface area contributed by atoms with Crippen molar-refractivity contribution in [2.24, 2.45) is 11.1 Å². The van der Waals surface area contributed by atoms with Crippen LogP contribution < -0.4 is 11.1 Å². The van der Waals surface area contributed by atoms with Crippen LogP contribution in [0.5, 0.6) is 0 Å². The first-order valence-electron chi connectivity index (χ1n) is 9.25. The van der Waals surface area contributed by atoms with Crippen molar-refractivity contribution in [3.05, 3.63) is 0 Å². The average Bonchev–Trinajstić information content (AvgIpc) is 2.54. The molecule has 2 fully saturated rings. The maximum absolute atomic E-state index is 13.1. The highest BCUT2D eigenvalue weighted by atomic mass is 16.5. The molecule has 0 aromatic rings. The molecular weight excluding hydrogens is 306 g/mol. The number of ether oxygens (including phenoxy) is 1. The molecule has 3 atom stereocenters. The van der Waals surface area contributed by atoms with Gasteiger partial charge in [0, 0.05) is 44.0 Å². The lowest BCUT2D eigenvalue weighted by molar-refractivity contribution is -0.180. The number of carbonyl (C=O) groups is 2. The number of nitrogens with zero attached hydrogens (tertiary/aromatic N) is 1. The molecule has 0 radical (unpaired) electrons. The van der Waals surface area contributed by atoms with Crippen molar-refractivity contribution in [2.75, 3.05) is 19.7 Å². The smallest absolute Gasteiger partial charge is 0.243 e. The number of nitrogens with one attached hydrogen (secondary N) is 1. The summed E-state index contributed by atoms with van der Waals surface area (Å²) in [5.41, 5.74) is 5.26. The van der Waals surface area contributed by atoms with E-state index in [4.69, 9.17) is 10.5 Å². The number of carbonyl (C=O) groups excluding carboxylic acids is 2. The Labute approximate surface area is 145 Å². The molecule has 1 aliphatic carbocycles. The summed E-state index contributed by atoms with van der Waals surface area (Å²) < 4.78 is 5.72. The van der Waals surface area contributed by atoms with Crippen molar-refractivity contribution in [1.82, 2.24) is 10.2 Å². The maximum atomic E-state index is 13.1. The Hall–Kier alpha value is -1.14. The van der Waals surface area contributed by atoms with Gasteiger partial charge in [-0.15, -0.1) is 0 Å². The highest BCUT2D eigenvalue weighted by molar-refractivity contribution is 5.89. The van der Waals surface area contributed by atoms with Gasteiger partial charge in [-0.1, -0.05) is 20.8 Å². The molecule has 138 valence electrons. The summed E-state index contributed by atoms with van der Waals surface area (Å²) >= 11 is 0. The maximum Gasteiger partial charge on any atom is 0.243 e.